The van der Waals surface area contributed by atoms with Crippen molar-refractivity contribution in [1.82, 2.24) is 5.32 Å². The topological polar surface area (TPSA) is 35.8 Å². The van der Waals surface area contributed by atoms with Crippen molar-refractivity contribution in [2.24, 2.45) is 0 Å². The van der Waals surface area contributed by atoms with Gasteiger partial charge in [-0.25, -0.2) is 0 Å². The van der Waals surface area contributed by atoms with Gasteiger partial charge in [-0.05, 0) is 53.8 Å². The van der Waals surface area contributed by atoms with Gasteiger partial charge in [0.1, 0.15) is 0 Å². The van der Waals surface area contributed by atoms with Crippen LogP contribution in [0.5, 0.6) is 0 Å². The van der Waals surface area contributed by atoms with Gasteiger partial charge in [-0.3, -0.25) is 0 Å². The maximum absolute atomic E-state index is 8.78. The molecule has 2 aromatic rings. The monoisotopic (exact) mass is 282 g/mol. The highest BCUT2D eigenvalue weighted by atomic mass is 35.5. The Balaban J connectivity index is 1.59. The fourth-order valence-corrected chi connectivity index (χ4v) is 2.89. The maximum atomic E-state index is 8.78. The number of nitrogens with zero attached hydrogens (tertiary/aromatic N) is 1. The van der Waals surface area contributed by atoms with Crippen LogP contribution in [0.1, 0.15) is 22.3 Å². The van der Waals surface area contributed by atoms with Crippen molar-refractivity contribution in [3.05, 3.63) is 69.7 Å². The molecule has 0 amide bonds. The van der Waals surface area contributed by atoms with E-state index < -0.39 is 0 Å². The van der Waals surface area contributed by atoms with E-state index in [1.165, 1.54) is 16.7 Å². The highest BCUT2D eigenvalue weighted by Gasteiger charge is 2.20. The quantitative estimate of drug-likeness (QED) is 0.936. The minimum atomic E-state index is 0.471. The van der Waals surface area contributed by atoms with E-state index in [-0.39, 0.29) is 0 Å². The fraction of sp³-hybridized carbons (Fsp3) is 0.235. The minimum absolute atomic E-state index is 0.471. The SMILES string of the molecule is N#Cc1ccc(CNC2Cc3ccc(Cl)cc3C2)cc1. The van der Waals surface area contributed by atoms with Crippen molar-refractivity contribution in [1.29, 1.82) is 5.26 Å². The zero-order valence-electron chi connectivity index (χ0n) is 11.1. The molecule has 0 heterocycles. The zero-order valence-corrected chi connectivity index (χ0v) is 11.8. The number of benzene rings is 2. The molecule has 1 aliphatic carbocycles. The van der Waals surface area contributed by atoms with E-state index in [1.807, 2.05) is 30.3 Å². The molecule has 3 heteroatoms. The van der Waals surface area contributed by atoms with Crippen LogP contribution in [-0.2, 0) is 19.4 Å². The molecule has 0 saturated heterocycles. The Morgan fingerprint density at radius 2 is 1.85 bits per heavy atom. The molecule has 0 spiro atoms. The first kappa shape index (κ1) is 13.2. The van der Waals surface area contributed by atoms with Crippen molar-refractivity contribution in [3.8, 4) is 6.07 Å². The summed E-state index contributed by atoms with van der Waals surface area (Å²) in [6, 6.07) is 16.5. The molecule has 1 aliphatic rings. The van der Waals surface area contributed by atoms with E-state index in [9.17, 15) is 0 Å². The summed E-state index contributed by atoms with van der Waals surface area (Å²) in [5.41, 5.74) is 4.66. The smallest absolute Gasteiger partial charge is 0.0991 e. The van der Waals surface area contributed by atoms with Crippen LogP contribution in [0.3, 0.4) is 0 Å². The van der Waals surface area contributed by atoms with Crippen LogP contribution in [-0.4, -0.2) is 6.04 Å². The van der Waals surface area contributed by atoms with Gasteiger partial charge in [0.05, 0.1) is 11.6 Å². The molecule has 1 N–H and O–H groups in total. The lowest BCUT2D eigenvalue weighted by Crippen LogP contribution is -2.28. The van der Waals surface area contributed by atoms with Gasteiger partial charge in [0, 0.05) is 17.6 Å². The summed E-state index contributed by atoms with van der Waals surface area (Å²) in [4.78, 5) is 0. The summed E-state index contributed by atoms with van der Waals surface area (Å²) < 4.78 is 0. The Labute approximate surface area is 124 Å². The molecule has 1 atom stereocenters. The van der Waals surface area contributed by atoms with Gasteiger partial charge in [0.15, 0.2) is 0 Å². The lowest BCUT2D eigenvalue weighted by atomic mass is 10.1. The third-order valence-corrected chi connectivity index (χ3v) is 4.01. The van der Waals surface area contributed by atoms with Crippen molar-refractivity contribution in [3.63, 3.8) is 0 Å². The van der Waals surface area contributed by atoms with E-state index in [1.54, 1.807) is 0 Å². The predicted octanol–water partition coefficient (Wildman–Crippen LogP) is 3.47. The molecule has 2 aromatic carbocycles. The van der Waals surface area contributed by atoms with Crippen molar-refractivity contribution < 1.29 is 0 Å². The highest BCUT2D eigenvalue weighted by Crippen LogP contribution is 2.25. The second-order valence-electron chi connectivity index (χ2n) is 5.21. The minimum Gasteiger partial charge on any atom is -0.309 e. The van der Waals surface area contributed by atoms with Crippen LogP contribution in [0, 0.1) is 11.3 Å². The van der Waals surface area contributed by atoms with E-state index in [0.29, 0.717) is 11.6 Å². The number of hydrogen-bond donors (Lipinski definition) is 1. The van der Waals surface area contributed by atoms with Crippen LogP contribution in [0.15, 0.2) is 42.5 Å². The van der Waals surface area contributed by atoms with Crippen molar-refractivity contribution in [2.45, 2.75) is 25.4 Å². The molecule has 0 fully saturated rings. The van der Waals surface area contributed by atoms with E-state index in [4.69, 9.17) is 16.9 Å². The molecule has 1 unspecified atom stereocenters. The van der Waals surface area contributed by atoms with Crippen LogP contribution in [0.25, 0.3) is 0 Å². The van der Waals surface area contributed by atoms with Gasteiger partial charge in [-0.1, -0.05) is 29.8 Å². The Hall–Kier alpha value is -1.82. The lowest BCUT2D eigenvalue weighted by Gasteiger charge is -2.11. The first-order valence-corrected chi connectivity index (χ1v) is 7.12. The van der Waals surface area contributed by atoms with Crippen LogP contribution >= 0.6 is 11.6 Å². The Kier molecular flexibility index (Phi) is 3.73. The summed E-state index contributed by atoms with van der Waals surface area (Å²) in [7, 11) is 0. The molecular weight excluding hydrogens is 268 g/mol. The lowest BCUT2D eigenvalue weighted by molar-refractivity contribution is 0.533. The van der Waals surface area contributed by atoms with E-state index in [2.05, 4.69) is 23.5 Å². The Morgan fingerprint density at radius 3 is 2.60 bits per heavy atom. The predicted molar refractivity (Wildman–Crippen MR) is 80.6 cm³/mol. The van der Waals surface area contributed by atoms with E-state index in [0.717, 1.165) is 24.4 Å². The van der Waals surface area contributed by atoms with Crippen LogP contribution in [0.2, 0.25) is 5.02 Å². The highest BCUT2D eigenvalue weighted by molar-refractivity contribution is 6.30. The number of nitriles is 1. The number of halogens is 1. The van der Waals surface area contributed by atoms with Gasteiger partial charge in [0.25, 0.3) is 0 Å². The standard InChI is InChI=1S/C17H15ClN2/c18-16-6-5-14-8-17(9-15(14)7-16)20-11-13-3-1-12(10-19)2-4-13/h1-7,17,20H,8-9,11H2. The van der Waals surface area contributed by atoms with Crippen molar-refractivity contribution in [2.75, 3.05) is 0 Å². The summed E-state index contributed by atoms with van der Waals surface area (Å²) in [5.74, 6) is 0. The normalized spacial score (nSPS) is 16.7. The number of fused-ring (bicyclic) bond motifs is 1. The molecule has 2 nitrogen and oxygen atoms in total. The molecule has 0 radical (unpaired) electrons. The Morgan fingerprint density at radius 1 is 1.10 bits per heavy atom. The number of nitrogens with one attached hydrogen (secondary N) is 1. The van der Waals surface area contributed by atoms with Gasteiger partial charge in [0.2, 0.25) is 0 Å². The maximum Gasteiger partial charge on any atom is 0.0991 e. The molecule has 0 saturated carbocycles. The second-order valence-corrected chi connectivity index (χ2v) is 5.64. The number of rotatable bonds is 3. The third kappa shape index (κ3) is 2.85. The summed E-state index contributed by atoms with van der Waals surface area (Å²) >= 11 is 6.03. The first-order valence-electron chi connectivity index (χ1n) is 6.74. The number of hydrogen-bond acceptors (Lipinski definition) is 2. The second kappa shape index (κ2) is 5.66. The largest absolute Gasteiger partial charge is 0.309 e. The summed E-state index contributed by atoms with van der Waals surface area (Å²) in [6.45, 7) is 0.831. The van der Waals surface area contributed by atoms with E-state index >= 15 is 0 Å². The molecule has 3 rings (SSSR count). The molecule has 0 aliphatic heterocycles. The van der Waals surface area contributed by atoms with Gasteiger partial charge in [-0.2, -0.15) is 5.26 Å². The van der Waals surface area contributed by atoms with Gasteiger partial charge >= 0.3 is 0 Å². The average molecular weight is 283 g/mol. The average Bonchev–Trinajstić information content (AvgIpc) is 2.87. The van der Waals surface area contributed by atoms with Gasteiger partial charge < -0.3 is 5.32 Å². The molecule has 0 aromatic heterocycles. The summed E-state index contributed by atoms with van der Waals surface area (Å²) in [5, 5.41) is 13.2. The third-order valence-electron chi connectivity index (χ3n) is 3.78. The van der Waals surface area contributed by atoms with Crippen molar-refractivity contribution >= 4 is 11.6 Å². The van der Waals surface area contributed by atoms with Crippen LogP contribution < -0.4 is 5.32 Å². The van der Waals surface area contributed by atoms with Gasteiger partial charge in [-0.15, -0.1) is 0 Å². The first-order chi connectivity index (χ1) is 9.74. The molecule has 0 bridgehead atoms. The molecular formula is C17H15ClN2. The Bertz CT molecular complexity index is 656. The molecule has 100 valence electrons. The summed E-state index contributed by atoms with van der Waals surface area (Å²) in [6.07, 6.45) is 2.09. The van der Waals surface area contributed by atoms with Crippen LogP contribution in [0.4, 0.5) is 0 Å². The fourth-order valence-electron chi connectivity index (χ4n) is 2.69. The molecule has 20 heavy (non-hydrogen) atoms. The zero-order chi connectivity index (χ0) is 13.9.